The van der Waals surface area contributed by atoms with Crippen molar-refractivity contribution >= 4 is 28.6 Å². The van der Waals surface area contributed by atoms with Crippen molar-refractivity contribution in [2.45, 2.75) is 38.8 Å². The highest BCUT2D eigenvalue weighted by Crippen LogP contribution is 2.46. The smallest absolute Gasteiger partial charge is 0.409 e. The molecule has 0 spiro atoms. The standard InChI is InChI=1S/C24H27N3O3/c1-15-10-9-11-16-18(14-26(5)20(15)16)24(25-22(29)30-23(2,3)4)17-12-7-8-13-19(17)27(6)21(24)28/h7-14H,1-6H3,(H,25,29)/t24-/m1/s1. The number of para-hydroxylation sites is 2. The lowest BCUT2D eigenvalue weighted by Crippen LogP contribution is -2.54. The highest BCUT2D eigenvalue weighted by Gasteiger charge is 2.54. The van der Waals surface area contributed by atoms with Crippen LogP contribution in [0, 0.1) is 6.92 Å². The fraction of sp³-hybridized carbons (Fsp3) is 0.333. The molecule has 2 amide bonds. The van der Waals surface area contributed by atoms with Crippen LogP contribution >= 0.6 is 0 Å². The number of hydrogen-bond donors (Lipinski definition) is 1. The summed E-state index contributed by atoms with van der Waals surface area (Å²) in [5.41, 5.74) is 2.30. The second kappa shape index (κ2) is 6.62. The van der Waals surface area contributed by atoms with Gasteiger partial charge in [0.15, 0.2) is 5.54 Å². The number of likely N-dealkylation sites (N-methyl/N-ethyl adjacent to an activating group) is 1. The highest BCUT2D eigenvalue weighted by molar-refractivity contribution is 6.13. The first-order valence-electron chi connectivity index (χ1n) is 10.00. The van der Waals surface area contributed by atoms with Crippen LogP contribution in [0.1, 0.15) is 37.5 Å². The molecular weight excluding hydrogens is 378 g/mol. The first kappa shape index (κ1) is 20.0. The summed E-state index contributed by atoms with van der Waals surface area (Å²) in [7, 11) is 3.69. The highest BCUT2D eigenvalue weighted by atomic mass is 16.6. The number of ether oxygens (including phenoxy) is 1. The first-order valence-corrected chi connectivity index (χ1v) is 10.00. The number of fused-ring (bicyclic) bond motifs is 2. The van der Waals surface area contributed by atoms with Crippen molar-refractivity contribution in [1.82, 2.24) is 9.88 Å². The molecule has 1 atom stereocenters. The van der Waals surface area contributed by atoms with Crippen LogP contribution in [-0.4, -0.2) is 29.2 Å². The molecule has 0 saturated heterocycles. The molecule has 1 N–H and O–H groups in total. The lowest BCUT2D eigenvalue weighted by molar-refractivity contribution is -0.122. The molecule has 6 nitrogen and oxygen atoms in total. The molecule has 30 heavy (non-hydrogen) atoms. The van der Waals surface area contributed by atoms with Crippen molar-refractivity contribution < 1.29 is 14.3 Å². The molecule has 1 aromatic heterocycles. The third kappa shape index (κ3) is 2.86. The van der Waals surface area contributed by atoms with E-state index in [0.29, 0.717) is 0 Å². The molecular formula is C24H27N3O3. The van der Waals surface area contributed by atoms with Crippen molar-refractivity contribution in [3.63, 3.8) is 0 Å². The Morgan fingerprint density at radius 2 is 1.73 bits per heavy atom. The normalized spacial score (nSPS) is 18.6. The summed E-state index contributed by atoms with van der Waals surface area (Å²) in [6.07, 6.45) is 1.30. The van der Waals surface area contributed by atoms with Gasteiger partial charge in [-0.05, 0) is 39.3 Å². The number of aromatic nitrogens is 1. The zero-order valence-electron chi connectivity index (χ0n) is 18.2. The van der Waals surface area contributed by atoms with Gasteiger partial charge in [-0.15, -0.1) is 0 Å². The molecule has 2 aromatic carbocycles. The molecule has 0 unspecified atom stereocenters. The largest absolute Gasteiger partial charge is 0.444 e. The third-order valence-corrected chi connectivity index (χ3v) is 5.59. The number of carbonyl (C=O) groups excluding carboxylic acids is 2. The van der Waals surface area contributed by atoms with Crippen LogP contribution in [0.3, 0.4) is 0 Å². The van der Waals surface area contributed by atoms with Crippen LogP contribution < -0.4 is 10.2 Å². The predicted molar refractivity (Wildman–Crippen MR) is 118 cm³/mol. The summed E-state index contributed by atoms with van der Waals surface area (Å²) in [5.74, 6) is -0.219. The Morgan fingerprint density at radius 3 is 2.43 bits per heavy atom. The Morgan fingerprint density at radius 1 is 1.03 bits per heavy atom. The van der Waals surface area contributed by atoms with Gasteiger partial charge in [-0.25, -0.2) is 4.79 Å². The fourth-order valence-corrected chi connectivity index (χ4v) is 4.44. The molecule has 0 aliphatic carbocycles. The molecule has 0 bridgehead atoms. The van der Waals surface area contributed by atoms with E-state index in [9.17, 15) is 9.59 Å². The number of alkyl carbamates (subject to hydrolysis) is 1. The lowest BCUT2D eigenvalue weighted by atomic mass is 9.83. The van der Waals surface area contributed by atoms with E-state index >= 15 is 0 Å². The summed E-state index contributed by atoms with van der Waals surface area (Å²) in [5, 5.41) is 3.88. The second-order valence-corrected chi connectivity index (χ2v) is 8.88. The van der Waals surface area contributed by atoms with E-state index in [2.05, 4.69) is 5.32 Å². The molecule has 0 radical (unpaired) electrons. The van der Waals surface area contributed by atoms with E-state index in [4.69, 9.17) is 4.74 Å². The van der Waals surface area contributed by atoms with Crippen molar-refractivity contribution in [3.8, 4) is 0 Å². The Labute approximate surface area is 176 Å². The van der Waals surface area contributed by atoms with Gasteiger partial charge in [-0.2, -0.15) is 0 Å². The van der Waals surface area contributed by atoms with Crippen LogP contribution in [-0.2, 0) is 22.1 Å². The molecule has 1 aliphatic heterocycles. The topological polar surface area (TPSA) is 63.6 Å². The van der Waals surface area contributed by atoms with E-state index in [1.807, 2.05) is 67.2 Å². The third-order valence-electron chi connectivity index (χ3n) is 5.59. The Bertz CT molecular complexity index is 1170. The Hall–Kier alpha value is -3.28. The van der Waals surface area contributed by atoms with Crippen LogP contribution in [0.4, 0.5) is 10.5 Å². The van der Waals surface area contributed by atoms with Gasteiger partial charge in [0.05, 0.1) is 5.52 Å². The van der Waals surface area contributed by atoms with E-state index in [1.54, 1.807) is 32.7 Å². The molecule has 0 saturated carbocycles. The van der Waals surface area contributed by atoms with Gasteiger partial charge >= 0.3 is 6.09 Å². The molecule has 3 aromatic rings. The first-order chi connectivity index (χ1) is 14.1. The monoisotopic (exact) mass is 405 g/mol. The number of carbonyl (C=O) groups is 2. The number of benzene rings is 2. The number of nitrogens with one attached hydrogen (secondary N) is 1. The summed E-state index contributed by atoms with van der Waals surface area (Å²) in [6, 6.07) is 13.6. The Kier molecular flexibility index (Phi) is 4.42. The van der Waals surface area contributed by atoms with Gasteiger partial charge in [-0.3, -0.25) is 10.1 Å². The number of rotatable bonds is 2. The van der Waals surface area contributed by atoms with E-state index in [0.717, 1.165) is 33.3 Å². The van der Waals surface area contributed by atoms with Crippen molar-refractivity contribution in [2.24, 2.45) is 7.05 Å². The van der Waals surface area contributed by atoms with Crippen molar-refractivity contribution in [2.75, 3.05) is 11.9 Å². The van der Waals surface area contributed by atoms with Crippen LogP contribution in [0.15, 0.2) is 48.7 Å². The van der Waals surface area contributed by atoms with E-state index < -0.39 is 17.2 Å². The van der Waals surface area contributed by atoms with Gasteiger partial charge in [0.2, 0.25) is 0 Å². The maximum atomic E-state index is 13.8. The maximum absolute atomic E-state index is 13.8. The minimum Gasteiger partial charge on any atom is -0.444 e. The van der Waals surface area contributed by atoms with E-state index in [1.165, 1.54) is 0 Å². The number of aryl methyl sites for hydroxylation is 2. The number of nitrogens with zero attached hydrogens (tertiary/aromatic N) is 2. The second-order valence-electron chi connectivity index (χ2n) is 8.88. The van der Waals surface area contributed by atoms with Gasteiger partial charge in [0, 0.05) is 42.5 Å². The number of amides is 2. The summed E-state index contributed by atoms with van der Waals surface area (Å²) in [6.45, 7) is 7.45. The molecule has 2 heterocycles. The Balaban J connectivity index is 2.01. The predicted octanol–water partition coefficient (Wildman–Crippen LogP) is 4.23. The lowest BCUT2D eigenvalue weighted by Gasteiger charge is -2.31. The molecule has 4 rings (SSSR count). The summed E-state index contributed by atoms with van der Waals surface area (Å²) < 4.78 is 7.57. The zero-order valence-corrected chi connectivity index (χ0v) is 18.2. The minimum atomic E-state index is -1.37. The quantitative estimate of drug-likeness (QED) is 0.694. The van der Waals surface area contributed by atoms with Crippen molar-refractivity contribution in [3.05, 3.63) is 65.4 Å². The average molecular weight is 405 g/mol. The van der Waals surface area contributed by atoms with Crippen molar-refractivity contribution in [1.29, 1.82) is 0 Å². The number of anilines is 1. The SMILES string of the molecule is Cc1cccc2c([C@@]3(NC(=O)OC(C)(C)C)C(=O)N(C)c4ccccc43)cn(C)c12. The van der Waals surface area contributed by atoms with Crippen LogP contribution in [0.2, 0.25) is 0 Å². The van der Waals surface area contributed by atoms with Gasteiger partial charge in [0.25, 0.3) is 5.91 Å². The summed E-state index contributed by atoms with van der Waals surface area (Å²) >= 11 is 0. The van der Waals surface area contributed by atoms with Gasteiger partial charge < -0.3 is 14.2 Å². The average Bonchev–Trinajstić information content (AvgIpc) is 3.11. The zero-order chi connectivity index (χ0) is 21.8. The molecule has 0 fully saturated rings. The van der Waals surface area contributed by atoms with Crippen LogP contribution in [0.25, 0.3) is 10.9 Å². The number of hydrogen-bond acceptors (Lipinski definition) is 3. The van der Waals surface area contributed by atoms with Gasteiger partial charge in [0.1, 0.15) is 5.60 Å². The molecule has 1 aliphatic rings. The molecule has 156 valence electrons. The molecule has 6 heteroatoms. The van der Waals surface area contributed by atoms with E-state index in [-0.39, 0.29) is 5.91 Å². The minimum absolute atomic E-state index is 0.219. The maximum Gasteiger partial charge on any atom is 0.409 e. The summed E-state index contributed by atoms with van der Waals surface area (Å²) in [4.78, 5) is 28.3. The fourth-order valence-electron chi connectivity index (χ4n) is 4.44. The van der Waals surface area contributed by atoms with Crippen LogP contribution in [0.5, 0.6) is 0 Å². The van der Waals surface area contributed by atoms with Gasteiger partial charge in [-0.1, -0.05) is 36.4 Å².